The maximum atomic E-state index is 13.6. The van der Waals surface area contributed by atoms with E-state index < -0.39 is 11.7 Å². The average molecular weight is 318 g/mol. The highest BCUT2D eigenvalue weighted by Gasteiger charge is 2.14. The first-order chi connectivity index (χ1) is 11.1. The largest absolute Gasteiger partial charge is 0.393 e. The third kappa shape index (κ3) is 3.65. The van der Waals surface area contributed by atoms with Crippen LogP contribution in [0.2, 0.25) is 0 Å². The number of benzene rings is 1. The first-order valence-electron chi connectivity index (χ1n) is 7.24. The van der Waals surface area contributed by atoms with Crippen molar-refractivity contribution in [1.29, 1.82) is 0 Å². The predicted molar refractivity (Wildman–Crippen MR) is 87.5 cm³/mol. The van der Waals surface area contributed by atoms with Gasteiger partial charge in [0.25, 0.3) is 5.91 Å². The summed E-state index contributed by atoms with van der Waals surface area (Å²) in [5, 5.41) is 0. The van der Waals surface area contributed by atoms with Gasteiger partial charge in [0.2, 0.25) is 0 Å². The molecule has 8 heteroatoms. The Morgan fingerprint density at radius 2 is 1.96 bits per heavy atom. The molecule has 1 amide bonds. The smallest absolute Gasteiger partial charge is 0.272 e. The lowest BCUT2D eigenvalue weighted by Gasteiger charge is -2.22. The first-order valence-corrected chi connectivity index (χ1v) is 7.24. The van der Waals surface area contributed by atoms with Crippen molar-refractivity contribution in [2.75, 3.05) is 29.1 Å². The Morgan fingerprint density at radius 1 is 1.26 bits per heavy atom. The van der Waals surface area contributed by atoms with Gasteiger partial charge in [0.1, 0.15) is 17.8 Å². The van der Waals surface area contributed by atoms with Gasteiger partial charge in [0.05, 0.1) is 5.56 Å². The van der Waals surface area contributed by atoms with Gasteiger partial charge in [-0.3, -0.25) is 15.6 Å². The number of aromatic nitrogens is 2. The molecular formula is C15H19FN6O. The van der Waals surface area contributed by atoms with Gasteiger partial charge in [-0.05, 0) is 26.0 Å². The average Bonchev–Trinajstić information content (AvgIpc) is 2.56. The minimum atomic E-state index is -0.620. The molecule has 0 unspecified atom stereocenters. The minimum absolute atomic E-state index is 0.0726. The summed E-state index contributed by atoms with van der Waals surface area (Å²) < 4.78 is 13.6. The lowest BCUT2D eigenvalue weighted by Crippen LogP contribution is -2.31. The second-order valence-electron chi connectivity index (χ2n) is 4.69. The van der Waals surface area contributed by atoms with Crippen LogP contribution in [-0.4, -0.2) is 29.0 Å². The van der Waals surface area contributed by atoms with Crippen LogP contribution in [0, 0.1) is 5.82 Å². The molecule has 2 aromatic rings. The van der Waals surface area contributed by atoms with Gasteiger partial charge >= 0.3 is 0 Å². The van der Waals surface area contributed by atoms with Gasteiger partial charge in [-0.25, -0.2) is 14.4 Å². The fourth-order valence-electron chi connectivity index (χ4n) is 2.09. The van der Waals surface area contributed by atoms with E-state index >= 15 is 0 Å². The zero-order chi connectivity index (χ0) is 16.8. The van der Waals surface area contributed by atoms with E-state index in [1.807, 2.05) is 18.7 Å². The summed E-state index contributed by atoms with van der Waals surface area (Å²) >= 11 is 0. The molecule has 0 aliphatic carbocycles. The van der Waals surface area contributed by atoms with Crippen molar-refractivity contribution < 1.29 is 9.18 Å². The Bertz CT molecular complexity index is 689. The number of hydrogen-bond donors (Lipinski definition) is 3. The number of rotatable bonds is 6. The maximum absolute atomic E-state index is 13.6. The standard InChI is InChI=1S/C15H19FN6O/c1-3-22(4-2)14-12(17)13(18-9-19-14)20-21-15(23)10-7-5-6-8-11(10)16/h5-9H,3-4,17H2,1-2H3,(H,21,23)(H,18,19,20). The summed E-state index contributed by atoms with van der Waals surface area (Å²) in [7, 11) is 0. The Kier molecular flexibility index (Phi) is 5.29. The molecule has 0 aliphatic heterocycles. The zero-order valence-corrected chi connectivity index (χ0v) is 13.0. The number of anilines is 3. The third-order valence-electron chi connectivity index (χ3n) is 3.34. The van der Waals surface area contributed by atoms with Crippen molar-refractivity contribution in [2.45, 2.75) is 13.8 Å². The fourth-order valence-corrected chi connectivity index (χ4v) is 2.09. The van der Waals surface area contributed by atoms with Crippen molar-refractivity contribution in [3.05, 3.63) is 42.0 Å². The second kappa shape index (κ2) is 7.39. The normalized spacial score (nSPS) is 10.2. The van der Waals surface area contributed by atoms with Crippen molar-refractivity contribution >= 4 is 23.2 Å². The summed E-state index contributed by atoms with van der Waals surface area (Å²) in [6.45, 7) is 5.44. The molecule has 23 heavy (non-hydrogen) atoms. The molecule has 0 fully saturated rings. The van der Waals surface area contributed by atoms with Crippen LogP contribution in [0.3, 0.4) is 0 Å². The minimum Gasteiger partial charge on any atom is -0.393 e. The summed E-state index contributed by atoms with van der Waals surface area (Å²) in [5.74, 6) is -0.393. The molecule has 0 bridgehead atoms. The number of nitrogens with zero attached hydrogens (tertiary/aromatic N) is 3. The molecular weight excluding hydrogens is 299 g/mol. The van der Waals surface area contributed by atoms with E-state index in [2.05, 4.69) is 20.8 Å². The number of hydrogen-bond acceptors (Lipinski definition) is 6. The van der Waals surface area contributed by atoms with Crippen LogP contribution >= 0.6 is 0 Å². The Balaban J connectivity index is 2.14. The molecule has 1 heterocycles. The van der Waals surface area contributed by atoms with E-state index in [1.165, 1.54) is 24.5 Å². The predicted octanol–water partition coefficient (Wildman–Crippen LogP) is 1.80. The van der Waals surface area contributed by atoms with E-state index in [9.17, 15) is 9.18 Å². The first kappa shape index (κ1) is 16.5. The molecule has 0 saturated heterocycles. The van der Waals surface area contributed by atoms with Gasteiger partial charge in [-0.15, -0.1) is 0 Å². The topological polar surface area (TPSA) is 96.2 Å². The van der Waals surface area contributed by atoms with Crippen LogP contribution in [0.5, 0.6) is 0 Å². The van der Waals surface area contributed by atoms with E-state index in [-0.39, 0.29) is 11.4 Å². The summed E-state index contributed by atoms with van der Waals surface area (Å²) in [6, 6.07) is 5.69. The number of nitrogen functional groups attached to an aromatic ring is 1. The highest BCUT2D eigenvalue weighted by Crippen LogP contribution is 2.25. The second-order valence-corrected chi connectivity index (χ2v) is 4.69. The number of nitrogens with one attached hydrogen (secondary N) is 2. The number of nitrogens with two attached hydrogens (primary N) is 1. The third-order valence-corrected chi connectivity index (χ3v) is 3.34. The van der Waals surface area contributed by atoms with Crippen molar-refractivity contribution in [3.8, 4) is 0 Å². The van der Waals surface area contributed by atoms with Crippen molar-refractivity contribution in [1.82, 2.24) is 15.4 Å². The zero-order valence-electron chi connectivity index (χ0n) is 13.0. The number of carbonyl (C=O) groups is 1. The molecule has 0 spiro atoms. The highest BCUT2D eigenvalue weighted by atomic mass is 19.1. The van der Waals surface area contributed by atoms with Crippen LogP contribution in [0.1, 0.15) is 24.2 Å². The van der Waals surface area contributed by atoms with Gasteiger partial charge in [0.15, 0.2) is 11.6 Å². The summed E-state index contributed by atoms with van der Waals surface area (Å²) in [4.78, 5) is 22.1. The van der Waals surface area contributed by atoms with E-state index in [0.717, 1.165) is 13.1 Å². The Hall–Kier alpha value is -2.90. The molecule has 2 rings (SSSR count). The lowest BCUT2D eigenvalue weighted by molar-refractivity contribution is 0.0958. The van der Waals surface area contributed by atoms with Crippen LogP contribution in [0.15, 0.2) is 30.6 Å². The van der Waals surface area contributed by atoms with E-state index in [0.29, 0.717) is 11.5 Å². The van der Waals surface area contributed by atoms with Gasteiger partial charge < -0.3 is 10.6 Å². The number of amides is 1. The van der Waals surface area contributed by atoms with Crippen LogP contribution in [0.4, 0.5) is 21.7 Å². The number of hydrazine groups is 1. The monoisotopic (exact) mass is 318 g/mol. The molecule has 0 saturated carbocycles. The van der Waals surface area contributed by atoms with E-state index in [4.69, 9.17) is 5.73 Å². The van der Waals surface area contributed by atoms with Crippen molar-refractivity contribution in [2.24, 2.45) is 0 Å². The molecule has 4 N–H and O–H groups in total. The van der Waals surface area contributed by atoms with Gasteiger partial charge in [-0.2, -0.15) is 0 Å². The quantitative estimate of drug-likeness (QED) is 0.703. The van der Waals surface area contributed by atoms with Crippen LogP contribution in [-0.2, 0) is 0 Å². The SMILES string of the molecule is CCN(CC)c1ncnc(NNC(=O)c2ccccc2F)c1N. The van der Waals surface area contributed by atoms with Crippen LogP contribution in [0.25, 0.3) is 0 Å². The van der Waals surface area contributed by atoms with Crippen molar-refractivity contribution in [3.63, 3.8) is 0 Å². The molecule has 0 aliphatic rings. The Morgan fingerprint density at radius 3 is 2.61 bits per heavy atom. The molecule has 7 nitrogen and oxygen atoms in total. The van der Waals surface area contributed by atoms with Gasteiger partial charge in [-0.1, -0.05) is 12.1 Å². The van der Waals surface area contributed by atoms with Gasteiger partial charge in [0, 0.05) is 13.1 Å². The summed E-state index contributed by atoms with van der Waals surface area (Å²) in [6.07, 6.45) is 1.35. The molecule has 0 radical (unpaired) electrons. The number of halogens is 1. The molecule has 0 atom stereocenters. The Labute approximate surface area is 133 Å². The van der Waals surface area contributed by atoms with E-state index in [1.54, 1.807) is 6.07 Å². The highest BCUT2D eigenvalue weighted by molar-refractivity contribution is 5.95. The molecule has 1 aromatic heterocycles. The maximum Gasteiger partial charge on any atom is 0.272 e. The number of carbonyl (C=O) groups excluding carboxylic acids is 1. The molecule has 122 valence electrons. The molecule has 1 aromatic carbocycles. The lowest BCUT2D eigenvalue weighted by atomic mass is 10.2. The summed E-state index contributed by atoms with van der Waals surface area (Å²) in [5.41, 5.74) is 11.3. The fraction of sp³-hybridized carbons (Fsp3) is 0.267. The van der Waals surface area contributed by atoms with Crippen LogP contribution < -0.4 is 21.5 Å².